The molecule has 4 heteroatoms. The number of nitrogens with one attached hydrogen (secondary N) is 1. The predicted octanol–water partition coefficient (Wildman–Crippen LogP) is 3.78. The minimum absolute atomic E-state index is 0.139. The molecule has 1 unspecified atom stereocenters. The number of nitrogens with zero attached hydrogens (tertiary/aromatic N) is 2. The molecule has 3 nitrogen and oxygen atoms in total. The van der Waals surface area contributed by atoms with Gasteiger partial charge in [0.1, 0.15) is 5.01 Å². The zero-order valence-electron chi connectivity index (χ0n) is 11.6. The van der Waals surface area contributed by atoms with E-state index in [4.69, 9.17) is 0 Å². The first-order chi connectivity index (χ1) is 9.74. The lowest BCUT2D eigenvalue weighted by atomic mass is 10.0. The first-order valence-electron chi connectivity index (χ1n) is 6.74. The Balaban J connectivity index is 2.04. The van der Waals surface area contributed by atoms with Crippen molar-refractivity contribution < 1.29 is 0 Å². The van der Waals surface area contributed by atoms with Crippen LogP contribution in [0.25, 0.3) is 10.9 Å². The molecule has 0 aliphatic heterocycles. The number of aromatic nitrogens is 2. The van der Waals surface area contributed by atoms with Gasteiger partial charge < -0.3 is 5.32 Å². The molecule has 1 N–H and O–H groups in total. The summed E-state index contributed by atoms with van der Waals surface area (Å²) < 4.78 is 0. The summed E-state index contributed by atoms with van der Waals surface area (Å²) in [6, 6.07) is 11.0. The van der Waals surface area contributed by atoms with Gasteiger partial charge in [-0.3, -0.25) is 4.98 Å². The van der Waals surface area contributed by atoms with Gasteiger partial charge >= 0.3 is 0 Å². The summed E-state index contributed by atoms with van der Waals surface area (Å²) >= 11 is 1.68. The van der Waals surface area contributed by atoms with Crippen molar-refractivity contribution >= 4 is 22.2 Å². The molecule has 1 aromatic carbocycles. The fourth-order valence-electron chi connectivity index (χ4n) is 2.29. The predicted molar refractivity (Wildman–Crippen MR) is 84.0 cm³/mol. The van der Waals surface area contributed by atoms with E-state index in [1.165, 1.54) is 5.56 Å². The molecule has 0 aliphatic rings. The minimum Gasteiger partial charge on any atom is -0.302 e. The van der Waals surface area contributed by atoms with E-state index in [0.29, 0.717) is 6.04 Å². The van der Waals surface area contributed by atoms with Gasteiger partial charge in [0.25, 0.3) is 0 Å². The average molecular weight is 283 g/mol. The van der Waals surface area contributed by atoms with Gasteiger partial charge in [-0.1, -0.05) is 12.1 Å². The lowest BCUT2D eigenvalue weighted by molar-refractivity contribution is 0.527. The number of benzene rings is 1. The fraction of sp³-hybridized carbons (Fsp3) is 0.250. The highest BCUT2D eigenvalue weighted by Crippen LogP contribution is 2.26. The van der Waals surface area contributed by atoms with Gasteiger partial charge in [0.05, 0.1) is 11.6 Å². The summed E-state index contributed by atoms with van der Waals surface area (Å²) in [5, 5.41) is 7.87. The first kappa shape index (κ1) is 13.2. The van der Waals surface area contributed by atoms with E-state index in [0.717, 1.165) is 15.9 Å². The highest BCUT2D eigenvalue weighted by molar-refractivity contribution is 7.09. The number of hydrogen-bond acceptors (Lipinski definition) is 4. The van der Waals surface area contributed by atoms with Gasteiger partial charge in [0.2, 0.25) is 0 Å². The van der Waals surface area contributed by atoms with E-state index < -0.39 is 0 Å². The van der Waals surface area contributed by atoms with Gasteiger partial charge in [0, 0.05) is 29.2 Å². The van der Waals surface area contributed by atoms with Crippen LogP contribution in [0.2, 0.25) is 0 Å². The van der Waals surface area contributed by atoms with Crippen molar-refractivity contribution in [1.29, 1.82) is 0 Å². The molecule has 1 atom stereocenters. The molecule has 102 valence electrons. The maximum absolute atomic E-state index is 4.47. The van der Waals surface area contributed by atoms with Crippen molar-refractivity contribution in [2.75, 3.05) is 0 Å². The molecule has 0 amide bonds. The molecule has 0 saturated heterocycles. The van der Waals surface area contributed by atoms with Crippen molar-refractivity contribution in [3.63, 3.8) is 0 Å². The number of pyridine rings is 1. The first-order valence-corrected chi connectivity index (χ1v) is 7.62. The molecule has 2 aromatic heterocycles. The number of hydrogen-bond donors (Lipinski definition) is 1. The summed E-state index contributed by atoms with van der Waals surface area (Å²) in [5.74, 6) is 0. The van der Waals surface area contributed by atoms with Gasteiger partial charge in [-0.2, -0.15) is 0 Å². The van der Waals surface area contributed by atoms with Crippen LogP contribution >= 0.6 is 11.3 Å². The zero-order chi connectivity index (χ0) is 13.9. The van der Waals surface area contributed by atoms with E-state index in [1.807, 2.05) is 23.8 Å². The van der Waals surface area contributed by atoms with Crippen molar-refractivity contribution in [2.45, 2.75) is 25.9 Å². The standard InChI is InChI=1S/C16H17N3S/c1-11(2)19-15(16-18-8-9-20-16)13-5-6-14-12(10-13)4-3-7-17-14/h3-11,15,19H,1-2H3. The Bertz CT molecular complexity index is 692. The van der Waals surface area contributed by atoms with Gasteiger partial charge in [0.15, 0.2) is 0 Å². The van der Waals surface area contributed by atoms with Gasteiger partial charge in [-0.05, 0) is 37.6 Å². The molecule has 20 heavy (non-hydrogen) atoms. The minimum atomic E-state index is 0.139. The fourth-order valence-corrected chi connectivity index (χ4v) is 3.02. The Hall–Kier alpha value is -1.78. The second-order valence-electron chi connectivity index (χ2n) is 5.08. The van der Waals surface area contributed by atoms with Crippen LogP contribution in [0.1, 0.15) is 30.5 Å². The Morgan fingerprint density at radius 2 is 2.00 bits per heavy atom. The van der Waals surface area contributed by atoms with Crippen LogP contribution in [0.15, 0.2) is 48.1 Å². The van der Waals surface area contributed by atoms with Crippen LogP contribution in [0.5, 0.6) is 0 Å². The van der Waals surface area contributed by atoms with E-state index in [1.54, 1.807) is 11.3 Å². The van der Waals surface area contributed by atoms with Crippen LogP contribution in [0, 0.1) is 0 Å². The molecule has 3 aromatic rings. The van der Waals surface area contributed by atoms with E-state index >= 15 is 0 Å². The monoisotopic (exact) mass is 283 g/mol. The summed E-state index contributed by atoms with van der Waals surface area (Å²) in [7, 11) is 0. The molecule has 3 rings (SSSR count). The molecule has 0 radical (unpaired) electrons. The van der Waals surface area contributed by atoms with Crippen molar-refractivity contribution in [3.8, 4) is 0 Å². The van der Waals surface area contributed by atoms with Gasteiger partial charge in [-0.15, -0.1) is 11.3 Å². The van der Waals surface area contributed by atoms with Crippen LogP contribution in [0.3, 0.4) is 0 Å². The normalized spacial score (nSPS) is 12.9. The van der Waals surface area contributed by atoms with Crippen LogP contribution in [-0.4, -0.2) is 16.0 Å². The molecular weight excluding hydrogens is 266 g/mol. The lowest BCUT2D eigenvalue weighted by Gasteiger charge is -2.20. The number of fused-ring (bicyclic) bond motifs is 1. The highest BCUT2D eigenvalue weighted by atomic mass is 32.1. The number of thiazole rings is 1. The summed E-state index contributed by atoms with van der Waals surface area (Å²) in [5.41, 5.74) is 2.26. The maximum Gasteiger partial charge on any atom is 0.114 e. The van der Waals surface area contributed by atoms with E-state index in [-0.39, 0.29) is 6.04 Å². The van der Waals surface area contributed by atoms with Crippen molar-refractivity contribution in [1.82, 2.24) is 15.3 Å². The zero-order valence-corrected chi connectivity index (χ0v) is 12.4. The van der Waals surface area contributed by atoms with Crippen LogP contribution < -0.4 is 5.32 Å². The molecule has 0 aliphatic carbocycles. The summed E-state index contributed by atoms with van der Waals surface area (Å²) in [6.45, 7) is 4.31. The third-order valence-electron chi connectivity index (χ3n) is 3.16. The largest absolute Gasteiger partial charge is 0.302 e. The second-order valence-corrected chi connectivity index (χ2v) is 6.01. The quantitative estimate of drug-likeness (QED) is 0.792. The Labute approximate surface area is 122 Å². The van der Waals surface area contributed by atoms with Crippen molar-refractivity contribution in [3.05, 3.63) is 58.7 Å². The van der Waals surface area contributed by atoms with E-state index in [9.17, 15) is 0 Å². The Morgan fingerprint density at radius 3 is 2.75 bits per heavy atom. The van der Waals surface area contributed by atoms with Crippen molar-refractivity contribution in [2.24, 2.45) is 0 Å². The maximum atomic E-state index is 4.47. The topological polar surface area (TPSA) is 37.8 Å². The molecule has 0 spiro atoms. The summed E-state index contributed by atoms with van der Waals surface area (Å²) in [4.78, 5) is 8.84. The third-order valence-corrected chi connectivity index (χ3v) is 4.00. The molecule has 0 bridgehead atoms. The molecule has 0 saturated carbocycles. The SMILES string of the molecule is CC(C)NC(c1ccc2ncccc2c1)c1nccs1. The number of rotatable bonds is 4. The highest BCUT2D eigenvalue weighted by Gasteiger charge is 2.17. The molecule has 0 fully saturated rings. The Morgan fingerprint density at radius 1 is 1.10 bits per heavy atom. The smallest absolute Gasteiger partial charge is 0.114 e. The lowest BCUT2D eigenvalue weighted by Crippen LogP contribution is -2.28. The molecular formula is C16H17N3S. The van der Waals surface area contributed by atoms with Gasteiger partial charge in [-0.25, -0.2) is 4.98 Å². The summed E-state index contributed by atoms with van der Waals surface area (Å²) in [6.07, 6.45) is 3.68. The van der Waals surface area contributed by atoms with Crippen LogP contribution in [0.4, 0.5) is 0 Å². The Kier molecular flexibility index (Phi) is 3.76. The second kappa shape index (κ2) is 5.69. The average Bonchev–Trinajstić information content (AvgIpc) is 2.98. The third kappa shape index (κ3) is 2.71. The molecule has 2 heterocycles. The van der Waals surface area contributed by atoms with Crippen LogP contribution in [-0.2, 0) is 0 Å². The van der Waals surface area contributed by atoms with E-state index in [2.05, 4.69) is 53.4 Å².